The number of carboxylic acid groups (broad SMARTS) is 1. The number of nitrogens with zero attached hydrogens (tertiary/aromatic N) is 1. The van der Waals surface area contributed by atoms with Crippen LogP contribution < -0.4 is 0 Å². The van der Waals surface area contributed by atoms with E-state index in [2.05, 4.69) is 4.98 Å². The maximum absolute atomic E-state index is 10.8. The normalized spacial score (nSPS) is 9.43. The SMILES string of the molecule is Br.O=C(O)c1nccc2ccccc12. The number of benzene rings is 1. The minimum Gasteiger partial charge on any atom is -0.476 e. The van der Waals surface area contributed by atoms with E-state index in [9.17, 15) is 4.79 Å². The van der Waals surface area contributed by atoms with Crippen LogP contribution in [0.15, 0.2) is 36.5 Å². The van der Waals surface area contributed by atoms with E-state index in [1.165, 1.54) is 6.20 Å². The molecule has 2 aromatic rings. The number of aromatic carboxylic acids is 1. The number of rotatable bonds is 1. The van der Waals surface area contributed by atoms with Crippen LogP contribution in [0.25, 0.3) is 10.8 Å². The van der Waals surface area contributed by atoms with E-state index in [1.807, 2.05) is 12.1 Å². The van der Waals surface area contributed by atoms with Gasteiger partial charge in [0.25, 0.3) is 0 Å². The largest absolute Gasteiger partial charge is 0.476 e. The monoisotopic (exact) mass is 253 g/mol. The molecule has 14 heavy (non-hydrogen) atoms. The molecule has 0 saturated carbocycles. The molecule has 0 aliphatic carbocycles. The molecule has 72 valence electrons. The van der Waals surface area contributed by atoms with Gasteiger partial charge in [-0.2, -0.15) is 0 Å². The number of halogens is 1. The Morgan fingerprint density at radius 1 is 1.21 bits per heavy atom. The average Bonchev–Trinajstić information content (AvgIpc) is 2.17. The van der Waals surface area contributed by atoms with E-state index in [0.29, 0.717) is 5.39 Å². The van der Waals surface area contributed by atoms with Crippen LogP contribution in [0.2, 0.25) is 0 Å². The van der Waals surface area contributed by atoms with Gasteiger partial charge in [0.05, 0.1) is 0 Å². The van der Waals surface area contributed by atoms with Crippen LogP contribution in [0.1, 0.15) is 10.5 Å². The van der Waals surface area contributed by atoms with Crippen molar-refractivity contribution in [1.82, 2.24) is 4.98 Å². The highest BCUT2D eigenvalue weighted by Gasteiger charge is 2.07. The highest BCUT2D eigenvalue weighted by atomic mass is 79.9. The predicted molar refractivity (Wildman–Crippen MR) is 59.0 cm³/mol. The van der Waals surface area contributed by atoms with E-state index in [1.54, 1.807) is 18.2 Å². The molecule has 0 radical (unpaired) electrons. The first-order valence-corrected chi connectivity index (χ1v) is 3.86. The summed E-state index contributed by atoms with van der Waals surface area (Å²) in [5.74, 6) is -0.989. The van der Waals surface area contributed by atoms with Gasteiger partial charge in [-0.15, -0.1) is 17.0 Å². The van der Waals surface area contributed by atoms with Gasteiger partial charge in [-0.3, -0.25) is 0 Å². The molecule has 1 aromatic carbocycles. The van der Waals surface area contributed by atoms with Crippen LogP contribution in [0.5, 0.6) is 0 Å². The quantitative estimate of drug-likeness (QED) is 0.850. The van der Waals surface area contributed by atoms with Crippen molar-refractivity contribution in [2.75, 3.05) is 0 Å². The zero-order chi connectivity index (χ0) is 9.26. The molecular weight excluding hydrogens is 246 g/mol. The van der Waals surface area contributed by atoms with Crippen molar-refractivity contribution in [3.8, 4) is 0 Å². The van der Waals surface area contributed by atoms with Gasteiger partial charge in [-0.05, 0) is 11.5 Å². The maximum Gasteiger partial charge on any atom is 0.355 e. The smallest absolute Gasteiger partial charge is 0.355 e. The van der Waals surface area contributed by atoms with Gasteiger partial charge in [0.2, 0.25) is 0 Å². The minimum absolute atomic E-state index is 0. The van der Waals surface area contributed by atoms with Crippen molar-refractivity contribution in [3.05, 3.63) is 42.2 Å². The van der Waals surface area contributed by atoms with Gasteiger partial charge in [0, 0.05) is 11.6 Å². The Bertz CT molecular complexity index is 465. The van der Waals surface area contributed by atoms with Gasteiger partial charge in [-0.1, -0.05) is 24.3 Å². The molecule has 0 unspecified atom stereocenters. The third-order valence-electron chi connectivity index (χ3n) is 1.88. The Hall–Kier alpha value is -1.42. The second kappa shape index (κ2) is 4.19. The standard InChI is InChI=1S/C10H7NO2.BrH/c12-10(13)9-8-4-2-1-3-7(8)5-6-11-9;/h1-6H,(H,12,13);1H. The molecular formula is C10H8BrNO2. The number of fused-ring (bicyclic) bond motifs is 1. The van der Waals surface area contributed by atoms with E-state index < -0.39 is 5.97 Å². The highest BCUT2D eigenvalue weighted by Crippen LogP contribution is 2.15. The average molecular weight is 254 g/mol. The summed E-state index contributed by atoms with van der Waals surface area (Å²) >= 11 is 0. The molecule has 1 aromatic heterocycles. The van der Waals surface area contributed by atoms with Crippen LogP contribution in [0.3, 0.4) is 0 Å². The molecule has 1 N–H and O–H groups in total. The fraction of sp³-hybridized carbons (Fsp3) is 0. The fourth-order valence-corrected chi connectivity index (χ4v) is 1.29. The maximum atomic E-state index is 10.8. The number of pyridine rings is 1. The highest BCUT2D eigenvalue weighted by molar-refractivity contribution is 8.93. The summed E-state index contributed by atoms with van der Waals surface area (Å²) in [6, 6.07) is 9.08. The summed E-state index contributed by atoms with van der Waals surface area (Å²) in [6.07, 6.45) is 1.51. The van der Waals surface area contributed by atoms with Crippen LogP contribution in [0, 0.1) is 0 Å². The Morgan fingerprint density at radius 2 is 1.93 bits per heavy atom. The number of carboxylic acids is 1. The van der Waals surface area contributed by atoms with Crippen LogP contribution in [0.4, 0.5) is 0 Å². The lowest BCUT2D eigenvalue weighted by molar-refractivity contribution is 0.0693. The van der Waals surface area contributed by atoms with E-state index >= 15 is 0 Å². The van der Waals surface area contributed by atoms with E-state index in [4.69, 9.17) is 5.11 Å². The second-order valence-corrected chi connectivity index (χ2v) is 2.69. The number of aromatic nitrogens is 1. The van der Waals surface area contributed by atoms with Gasteiger partial charge >= 0.3 is 5.97 Å². The van der Waals surface area contributed by atoms with Crippen LogP contribution in [-0.4, -0.2) is 16.1 Å². The summed E-state index contributed by atoms with van der Waals surface area (Å²) in [7, 11) is 0. The molecule has 0 saturated heterocycles. The van der Waals surface area contributed by atoms with Crippen molar-refractivity contribution in [1.29, 1.82) is 0 Å². The molecule has 0 aliphatic heterocycles. The Balaban J connectivity index is 0.000000980. The van der Waals surface area contributed by atoms with Crippen LogP contribution in [-0.2, 0) is 0 Å². The third kappa shape index (κ3) is 1.75. The topological polar surface area (TPSA) is 50.2 Å². The number of hydrogen-bond donors (Lipinski definition) is 1. The van der Waals surface area contributed by atoms with Crippen molar-refractivity contribution in [3.63, 3.8) is 0 Å². The molecule has 1 heterocycles. The Morgan fingerprint density at radius 3 is 2.64 bits per heavy atom. The molecule has 0 bridgehead atoms. The van der Waals surface area contributed by atoms with E-state index in [0.717, 1.165) is 5.39 Å². The summed E-state index contributed by atoms with van der Waals surface area (Å²) in [4.78, 5) is 14.6. The second-order valence-electron chi connectivity index (χ2n) is 2.69. The number of hydrogen-bond acceptors (Lipinski definition) is 2. The lowest BCUT2D eigenvalue weighted by atomic mass is 10.1. The van der Waals surface area contributed by atoms with Gasteiger partial charge in [-0.25, -0.2) is 9.78 Å². The van der Waals surface area contributed by atoms with E-state index in [-0.39, 0.29) is 22.7 Å². The summed E-state index contributed by atoms with van der Waals surface area (Å²) in [6.45, 7) is 0. The molecule has 3 nitrogen and oxygen atoms in total. The molecule has 0 spiro atoms. The Kier molecular flexibility index (Phi) is 3.19. The number of carbonyl (C=O) groups is 1. The zero-order valence-electron chi connectivity index (χ0n) is 7.18. The molecule has 2 rings (SSSR count). The van der Waals surface area contributed by atoms with Crippen LogP contribution >= 0.6 is 17.0 Å². The molecule has 0 amide bonds. The first kappa shape index (κ1) is 10.7. The molecule has 4 heteroatoms. The first-order valence-electron chi connectivity index (χ1n) is 3.86. The summed E-state index contributed by atoms with van der Waals surface area (Å²) in [5, 5.41) is 10.4. The molecule has 0 atom stereocenters. The summed E-state index contributed by atoms with van der Waals surface area (Å²) in [5.41, 5.74) is 0.109. The van der Waals surface area contributed by atoms with Crippen molar-refractivity contribution < 1.29 is 9.90 Å². The zero-order valence-corrected chi connectivity index (χ0v) is 8.89. The van der Waals surface area contributed by atoms with Crippen molar-refractivity contribution in [2.24, 2.45) is 0 Å². The minimum atomic E-state index is -0.989. The molecule has 0 aliphatic rings. The predicted octanol–water partition coefficient (Wildman–Crippen LogP) is 2.51. The molecule has 0 fully saturated rings. The van der Waals surface area contributed by atoms with Crippen molar-refractivity contribution >= 4 is 33.7 Å². The first-order chi connectivity index (χ1) is 6.29. The lowest BCUT2D eigenvalue weighted by Crippen LogP contribution is -2.00. The third-order valence-corrected chi connectivity index (χ3v) is 1.88. The Labute approximate surface area is 91.2 Å². The van der Waals surface area contributed by atoms with Crippen molar-refractivity contribution in [2.45, 2.75) is 0 Å². The fourth-order valence-electron chi connectivity index (χ4n) is 1.29. The van der Waals surface area contributed by atoms with Gasteiger partial charge in [0.15, 0.2) is 5.69 Å². The lowest BCUT2D eigenvalue weighted by Gasteiger charge is -1.99. The van der Waals surface area contributed by atoms with Gasteiger partial charge in [0.1, 0.15) is 0 Å². The van der Waals surface area contributed by atoms with Gasteiger partial charge < -0.3 is 5.11 Å². The summed E-state index contributed by atoms with van der Waals surface area (Å²) < 4.78 is 0.